The molecule has 1 N–H and O–H groups in total. The summed E-state index contributed by atoms with van der Waals surface area (Å²) in [7, 11) is 1.57. The van der Waals surface area contributed by atoms with Crippen molar-refractivity contribution in [1.82, 2.24) is 9.97 Å². The molecule has 0 unspecified atom stereocenters. The first-order chi connectivity index (χ1) is 14.1. The molecule has 0 atom stereocenters. The van der Waals surface area contributed by atoms with Crippen molar-refractivity contribution < 1.29 is 14.3 Å². The predicted octanol–water partition coefficient (Wildman–Crippen LogP) is 5.20. The Morgan fingerprint density at radius 2 is 1.93 bits per heavy atom. The summed E-state index contributed by atoms with van der Waals surface area (Å²) in [6.45, 7) is 2.12. The Balaban J connectivity index is 1.89. The van der Waals surface area contributed by atoms with E-state index in [1.165, 1.54) is 11.8 Å². The molecule has 150 valence electrons. The van der Waals surface area contributed by atoms with Gasteiger partial charge in [-0.1, -0.05) is 53.7 Å². The first kappa shape index (κ1) is 21.0. The van der Waals surface area contributed by atoms with Crippen molar-refractivity contribution in [3.8, 4) is 17.0 Å². The van der Waals surface area contributed by atoms with Gasteiger partial charge in [0.25, 0.3) is 0 Å². The van der Waals surface area contributed by atoms with Crippen LogP contribution in [-0.4, -0.2) is 35.4 Å². The maximum atomic E-state index is 11.7. The largest absolute Gasteiger partial charge is 0.495 e. The highest BCUT2D eigenvalue weighted by atomic mass is 35.5. The lowest BCUT2D eigenvalue weighted by Gasteiger charge is -2.11. The van der Waals surface area contributed by atoms with Crippen molar-refractivity contribution in [3.05, 3.63) is 59.6 Å². The fourth-order valence-corrected chi connectivity index (χ4v) is 3.44. The lowest BCUT2D eigenvalue weighted by molar-refractivity contribution is -0.139. The summed E-state index contributed by atoms with van der Waals surface area (Å²) in [6, 6.07) is 17.0. The highest BCUT2D eigenvalue weighted by Crippen LogP contribution is 2.30. The summed E-state index contributed by atoms with van der Waals surface area (Å²) in [4.78, 5) is 20.8. The Morgan fingerprint density at radius 3 is 2.62 bits per heavy atom. The fraction of sp³-hybridized carbons (Fsp3) is 0.190. The number of ether oxygens (including phenoxy) is 2. The molecule has 0 bridgehead atoms. The van der Waals surface area contributed by atoms with E-state index >= 15 is 0 Å². The summed E-state index contributed by atoms with van der Waals surface area (Å²) < 4.78 is 10.2. The molecular formula is C21H20ClN3O3S. The van der Waals surface area contributed by atoms with E-state index in [9.17, 15) is 4.79 Å². The van der Waals surface area contributed by atoms with Crippen LogP contribution in [0.3, 0.4) is 0 Å². The standard InChI is InChI=1S/C21H20ClN3O3S/c1-3-28-20(26)13-29-21-24-17(14-7-5-4-6-8-14)12-19(25-21)23-15-9-10-18(27-2)16(22)11-15/h4-12H,3,13H2,1-2H3,(H,23,24,25). The van der Waals surface area contributed by atoms with Gasteiger partial charge in [0.05, 0.1) is 30.2 Å². The van der Waals surface area contributed by atoms with E-state index < -0.39 is 0 Å². The Morgan fingerprint density at radius 1 is 1.14 bits per heavy atom. The molecule has 8 heteroatoms. The Labute approximate surface area is 178 Å². The van der Waals surface area contributed by atoms with Crippen molar-refractivity contribution in [2.45, 2.75) is 12.1 Å². The van der Waals surface area contributed by atoms with Crippen molar-refractivity contribution >= 4 is 40.8 Å². The second-order valence-electron chi connectivity index (χ2n) is 5.86. The summed E-state index contributed by atoms with van der Waals surface area (Å²) in [5.74, 6) is 1.02. The number of methoxy groups -OCH3 is 1. The van der Waals surface area contributed by atoms with E-state index in [0.717, 1.165) is 16.9 Å². The lowest BCUT2D eigenvalue weighted by Crippen LogP contribution is -2.07. The number of nitrogens with zero attached hydrogens (tertiary/aromatic N) is 2. The van der Waals surface area contributed by atoms with E-state index in [2.05, 4.69) is 15.3 Å². The summed E-state index contributed by atoms with van der Waals surface area (Å²) >= 11 is 7.44. The number of hydrogen-bond acceptors (Lipinski definition) is 7. The van der Waals surface area contributed by atoms with Crippen LogP contribution in [-0.2, 0) is 9.53 Å². The topological polar surface area (TPSA) is 73.3 Å². The van der Waals surface area contributed by atoms with Gasteiger partial charge in [0.15, 0.2) is 5.16 Å². The third-order valence-corrected chi connectivity index (χ3v) is 4.94. The number of halogens is 1. The maximum absolute atomic E-state index is 11.7. The van der Waals surface area contributed by atoms with Gasteiger partial charge in [-0.25, -0.2) is 9.97 Å². The second kappa shape index (κ2) is 10.1. The molecule has 0 aliphatic rings. The zero-order valence-electron chi connectivity index (χ0n) is 16.0. The van der Waals surface area contributed by atoms with Gasteiger partial charge in [-0.15, -0.1) is 0 Å². The number of thioether (sulfide) groups is 1. The molecule has 0 saturated heterocycles. The van der Waals surface area contributed by atoms with Gasteiger partial charge in [0.1, 0.15) is 11.6 Å². The second-order valence-corrected chi connectivity index (χ2v) is 7.20. The first-order valence-corrected chi connectivity index (χ1v) is 10.3. The molecule has 3 rings (SSSR count). The van der Waals surface area contributed by atoms with Gasteiger partial charge in [0.2, 0.25) is 0 Å². The van der Waals surface area contributed by atoms with Gasteiger partial charge >= 0.3 is 5.97 Å². The van der Waals surface area contributed by atoms with E-state index in [1.54, 1.807) is 26.2 Å². The number of aromatic nitrogens is 2. The Hall–Kier alpha value is -2.77. The number of carbonyl (C=O) groups is 1. The minimum atomic E-state index is -0.303. The van der Waals surface area contributed by atoms with Crippen LogP contribution in [0, 0.1) is 0 Å². The first-order valence-electron chi connectivity index (χ1n) is 8.92. The van der Waals surface area contributed by atoms with E-state index in [-0.39, 0.29) is 11.7 Å². The number of hydrogen-bond donors (Lipinski definition) is 1. The molecule has 0 fully saturated rings. The number of benzene rings is 2. The van der Waals surface area contributed by atoms with Crippen molar-refractivity contribution in [1.29, 1.82) is 0 Å². The van der Waals surface area contributed by atoms with Gasteiger partial charge in [-0.3, -0.25) is 4.79 Å². The normalized spacial score (nSPS) is 10.4. The van der Waals surface area contributed by atoms with Crippen LogP contribution >= 0.6 is 23.4 Å². The van der Waals surface area contributed by atoms with Crippen LogP contribution in [0.25, 0.3) is 11.3 Å². The van der Waals surface area contributed by atoms with E-state index in [4.69, 9.17) is 21.1 Å². The maximum Gasteiger partial charge on any atom is 0.316 e. The molecule has 1 heterocycles. The molecule has 0 aliphatic carbocycles. The summed E-state index contributed by atoms with van der Waals surface area (Å²) in [5, 5.41) is 4.20. The molecule has 1 aromatic heterocycles. The molecule has 0 amide bonds. The molecule has 29 heavy (non-hydrogen) atoms. The van der Waals surface area contributed by atoms with Crippen LogP contribution in [0.2, 0.25) is 5.02 Å². The SMILES string of the molecule is CCOC(=O)CSc1nc(Nc2ccc(OC)c(Cl)c2)cc(-c2ccccc2)n1. The zero-order chi connectivity index (χ0) is 20.6. The third-order valence-electron chi connectivity index (χ3n) is 3.82. The Bertz CT molecular complexity index is 986. The smallest absolute Gasteiger partial charge is 0.316 e. The van der Waals surface area contributed by atoms with Gasteiger partial charge in [0, 0.05) is 17.3 Å². The van der Waals surface area contributed by atoms with E-state index in [1.807, 2.05) is 42.5 Å². The van der Waals surface area contributed by atoms with Crippen molar-refractivity contribution in [2.75, 3.05) is 24.8 Å². The van der Waals surface area contributed by atoms with Crippen LogP contribution < -0.4 is 10.1 Å². The molecule has 2 aromatic carbocycles. The molecule has 0 radical (unpaired) electrons. The summed E-state index contributed by atoms with van der Waals surface area (Å²) in [5.41, 5.74) is 2.45. The number of rotatable bonds is 8. The molecule has 0 spiro atoms. The van der Waals surface area contributed by atoms with Gasteiger partial charge in [-0.05, 0) is 25.1 Å². The molecule has 0 aliphatic heterocycles. The minimum Gasteiger partial charge on any atom is -0.495 e. The number of nitrogens with one attached hydrogen (secondary N) is 1. The molecular weight excluding hydrogens is 410 g/mol. The highest BCUT2D eigenvalue weighted by molar-refractivity contribution is 7.99. The fourth-order valence-electron chi connectivity index (χ4n) is 2.53. The van der Waals surface area contributed by atoms with E-state index in [0.29, 0.717) is 28.4 Å². The highest BCUT2D eigenvalue weighted by Gasteiger charge is 2.11. The van der Waals surface area contributed by atoms with Gasteiger partial charge in [-0.2, -0.15) is 0 Å². The average molecular weight is 430 g/mol. The number of esters is 1. The molecule has 6 nitrogen and oxygen atoms in total. The lowest BCUT2D eigenvalue weighted by atomic mass is 10.1. The van der Waals surface area contributed by atoms with Gasteiger partial charge < -0.3 is 14.8 Å². The quantitative estimate of drug-likeness (QED) is 0.299. The minimum absolute atomic E-state index is 0.139. The molecule has 0 saturated carbocycles. The monoisotopic (exact) mass is 429 g/mol. The average Bonchev–Trinajstić information content (AvgIpc) is 2.73. The van der Waals surface area contributed by atoms with Crippen LogP contribution in [0.1, 0.15) is 6.92 Å². The van der Waals surface area contributed by atoms with Crippen LogP contribution in [0.15, 0.2) is 59.8 Å². The van der Waals surface area contributed by atoms with Crippen LogP contribution in [0.4, 0.5) is 11.5 Å². The van der Waals surface area contributed by atoms with Crippen molar-refractivity contribution in [3.63, 3.8) is 0 Å². The van der Waals surface area contributed by atoms with Crippen LogP contribution in [0.5, 0.6) is 5.75 Å². The molecule has 3 aromatic rings. The predicted molar refractivity (Wildman–Crippen MR) is 116 cm³/mol. The number of anilines is 2. The third kappa shape index (κ3) is 5.85. The summed E-state index contributed by atoms with van der Waals surface area (Å²) in [6.07, 6.45) is 0. The van der Waals surface area contributed by atoms with Crippen molar-refractivity contribution in [2.24, 2.45) is 0 Å². The number of carbonyl (C=O) groups excluding carboxylic acids is 1. The zero-order valence-corrected chi connectivity index (χ0v) is 17.6. The Kier molecular flexibility index (Phi) is 7.32.